The van der Waals surface area contributed by atoms with Crippen LogP contribution in [0.3, 0.4) is 0 Å². The minimum absolute atomic E-state index is 0.0284. The maximum Gasteiger partial charge on any atom is 0.335 e. The Kier molecular flexibility index (Phi) is 5.24. The Morgan fingerprint density at radius 1 is 1.35 bits per heavy atom. The Morgan fingerprint density at radius 3 is 2.65 bits per heavy atom. The molecule has 124 valence electrons. The summed E-state index contributed by atoms with van der Waals surface area (Å²) in [7, 11) is 0. The third-order valence-electron chi connectivity index (χ3n) is 4.79. The van der Waals surface area contributed by atoms with E-state index < -0.39 is 5.97 Å². The summed E-state index contributed by atoms with van der Waals surface area (Å²) in [5.41, 5.74) is 1.96. The third kappa shape index (κ3) is 3.81. The fraction of sp³-hybridized carbons (Fsp3) is 0.474. The van der Waals surface area contributed by atoms with Gasteiger partial charge in [0, 0.05) is 5.56 Å². The van der Waals surface area contributed by atoms with Gasteiger partial charge in [-0.05, 0) is 67.7 Å². The molecule has 0 fully saturated rings. The van der Waals surface area contributed by atoms with E-state index in [4.69, 9.17) is 0 Å². The summed E-state index contributed by atoms with van der Waals surface area (Å²) >= 11 is 0. The van der Waals surface area contributed by atoms with E-state index in [2.05, 4.69) is 13.8 Å². The molecule has 0 amide bonds. The van der Waals surface area contributed by atoms with Crippen molar-refractivity contribution in [2.75, 3.05) is 0 Å². The van der Waals surface area contributed by atoms with E-state index in [0.717, 1.165) is 30.4 Å². The molecule has 4 nitrogen and oxygen atoms in total. The van der Waals surface area contributed by atoms with Crippen molar-refractivity contribution < 1.29 is 19.8 Å². The molecule has 0 radical (unpaired) electrons. The predicted molar refractivity (Wildman–Crippen MR) is 89.1 cm³/mol. The molecule has 2 rings (SSSR count). The number of hydrogen-bond acceptors (Lipinski definition) is 3. The number of ketones is 1. The second-order valence-electron chi connectivity index (χ2n) is 6.61. The van der Waals surface area contributed by atoms with E-state index in [9.17, 15) is 19.8 Å². The van der Waals surface area contributed by atoms with Crippen molar-refractivity contribution in [3.05, 3.63) is 41.0 Å². The van der Waals surface area contributed by atoms with Crippen molar-refractivity contribution in [2.24, 2.45) is 5.92 Å². The Bertz CT molecular complexity index is 645. The Labute approximate surface area is 136 Å². The molecular weight excluding hydrogens is 292 g/mol. The van der Waals surface area contributed by atoms with Gasteiger partial charge in [-0.1, -0.05) is 19.9 Å². The lowest BCUT2D eigenvalue weighted by atomic mass is 9.71. The highest BCUT2D eigenvalue weighted by Gasteiger charge is 2.31. The van der Waals surface area contributed by atoms with Gasteiger partial charge < -0.3 is 10.2 Å². The van der Waals surface area contributed by atoms with Gasteiger partial charge in [0.15, 0.2) is 5.78 Å². The van der Waals surface area contributed by atoms with Gasteiger partial charge in [-0.15, -0.1) is 0 Å². The summed E-state index contributed by atoms with van der Waals surface area (Å²) in [4.78, 5) is 22.3. The van der Waals surface area contributed by atoms with Crippen LogP contribution in [0.15, 0.2) is 24.3 Å². The summed E-state index contributed by atoms with van der Waals surface area (Å²) in [6, 6.07) is 3.06. The van der Waals surface area contributed by atoms with E-state index in [0.29, 0.717) is 0 Å². The number of phenolic OH excluding ortho intramolecular Hbond substituents is 1. The van der Waals surface area contributed by atoms with Crippen LogP contribution in [0.4, 0.5) is 0 Å². The van der Waals surface area contributed by atoms with Gasteiger partial charge >= 0.3 is 5.97 Å². The van der Waals surface area contributed by atoms with Crippen LogP contribution in [0.2, 0.25) is 0 Å². The Balaban J connectivity index is 2.37. The van der Waals surface area contributed by atoms with Crippen LogP contribution in [0.5, 0.6) is 5.75 Å². The zero-order valence-electron chi connectivity index (χ0n) is 13.9. The van der Waals surface area contributed by atoms with Crippen LogP contribution >= 0.6 is 0 Å². The molecule has 3 unspecified atom stereocenters. The summed E-state index contributed by atoms with van der Waals surface area (Å²) in [5, 5.41) is 19.5. The van der Waals surface area contributed by atoms with Crippen molar-refractivity contribution >= 4 is 11.8 Å². The maximum atomic E-state index is 11.3. The highest BCUT2D eigenvalue weighted by atomic mass is 16.4. The lowest BCUT2D eigenvalue weighted by Gasteiger charge is -2.34. The van der Waals surface area contributed by atoms with Crippen molar-refractivity contribution in [1.82, 2.24) is 0 Å². The number of rotatable bonds is 5. The number of benzene rings is 1. The number of fused-ring (bicyclic) bond motifs is 1. The van der Waals surface area contributed by atoms with Crippen LogP contribution in [-0.4, -0.2) is 22.0 Å². The zero-order chi connectivity index (χ0) is 17.1. The van der Waals surface area contributed by atoms with Crippen LogP contribution in [0.1, 0.15) is 73.4 Å². The second-order valence-corrected chi connectivity index (χ2v) is 6.61. The number of carbonyl (C=O) groups excluding carboxylic acids is 1. The van der Waals surface area contributed by atoms with Crippen LogP contribution < -0.4 is 0 Å². The van der Waals surface area contributed by atoms with Crippen molar-refractivity contribution in [2.45, 2.75) is 51.9 Å². The van der Waals surface area contributed by atoms with Crippen LogP contribution in [-0.2, 0) is 4.79 Å². The average molecular weight is 316 g/mol. The first-order valence-corrected chi connectivity index (χ1v) is 8.08. The first-order chi connectivity index (χ1) is 10.8. The molecule has 1 aliphatic rings. The van der Waals surface area contributed by atoms with Gasteiger partial charge in [0.25, 0.3) is 0 Å². The fourth-order valence-electron chi connectivity index (χ4n) is 3.56. The molecular formula is C19H24O4. The first kappa shape index (κ1) is 17.3. The van der Waals surface area contributed by atoms with Crippen molar-refractivity contribution in [3.8, 4) is 5.75 Å². The number of allylic oxidation sites excluding steroid dienone is 2. The summed E-state index contributed by atoms with van der Waals surface area (Å²) < 4.78 is 0. The minimum atomic E-state index is -1.02. The number of aromatic carboxylic acids is 1. The highest BCUT2D eigenvalue weighted by molar-refractivity contribution is 5.89. The molecule has 0 saturated heterocycles. The number of carboxylic acid groups (broad SMARTS) is 1. The Hall–Kier alpha value is -2.10. The standard InChI is InChI=1S/C19H24O4/c1-11(5-4-6-13(3)20)15-8-7-12(2)18-16(15)9-14(19(22)23)10-17(18)21/h4,6,9-12,15,21H,5,7-8H2,1-3H3,(H,22,23). The van der Waals surface area contributed by atoms with Crippen molar-refractivity contribution in [3.63, 3.8) is 0 Å². The SMILES string of the molecule is CC(=O)C=CCC(C)C1CCC(C)c2c(O)cc(C(=O)O)cc21. The smallest absolute Gasteiger partial charge is 0.335 e. The molecule has 1 aromatic rings. The summed E-state index contributed by atoms with van der Waals surface area (Å²) in [5.74, 6) is -0.208. The van der Waals surface area contributed by atoms with E-state index in [1.807, 2.05) is 6.08 Å². The average Bonchev–Trinajstić information content (AvgIpc) is 2.46. The Morgan fingerprint density at radius 2 is 2.04 bits per heavy atom. The monoisotopic (exact) mass is 316 g/mol. The zero-order valence-corrected chi connectivity index (χ0v) is 13.9. The molecule has 23 heavy (non-hydrogen) atoms. The number of hydrogen-bond donors (Lipinski definition) is 2. The quantitative estimate of drug-likeness (QED) is 0.797. The first-order valence-electron chi connectivity index (χ1n) is 8.08. The molecule has 0 saturated carbocycles. The van der Waals surface area contributed by atoms with Crippen LogP contribution in [0, 0.1) is 5.92 Å². The van der Waals surface area contributed by atoms with Gasteiger partial charge in [0.2, 0.25) is 0 Å². The second kappa shape index (κ2) is 6.99. The van der Waals surface area contributed by atoms with E-state index >= 15 is 0 Å². The topological polar surface area (TPSA) is 74.6 Å². The molecule has 2 N–H and O–H groups in total. The van der Waals surface area contributed by atoms with E-state index in [1.165, 1.54) is 13.0 Å². The number of aromatic hydroxyl groups is 1. The van der Waals surface area contributed by atoms with Crippen molar-refractivity contribution in [1.29, 1.82) is 0 Å². The minimum Gasteiger partial charge on any atom is -0.508 e. The molecule has 1 aliphatic carbocycles. The van der Waals surface area contributed by atoms with Crippen LogP contribution in [0.25, 0.3) is 0 Å². The van der Waals surface area contributed by atoms with Gasteiger partial charge in [0.1, 0.15) is 5.75 Å². The highest BCUT2D eigenvalue weighted by Crippen LogP contribution is 2.47. The summed E-state index contributed by atoms with van der Waals surface area (Å²) in [6.07, 6.45) is 6.15. The number of phenols is 1. The number of carbonyl (C=O) groups is 2. The summed E-state index contributed by atoms with van der Waals surface area (Å²) in [6.45, 7) is 5.70. The fourth-order valence-corrected chi connectivity index (χ4v) is 3.56. The molecule has 0 aromatic heterocycles. The molecule has 3 atom stereocenters. The van der Waals surface area contributed by atoms with Gasteiger partial charge in [-0.3, -0.25) is 4.79 Å². The lowest BCUT2D eigenvalue weighted by Crippen LogP contribution is -2.19. The predicted octanol–water partition coefficient (Wildman–Crippen LogP) is 4.24. The normalized spacial score (nSPS) is 21.9. The van der Waals surface area contributed by atoms with Gasteiger partial charge in [-0.2, -0.15) is 0 Å². The molecule has 0 aliphatic heterocycles. The third-order valence-corrected chi connectivity index (χ3v) is 4.79. The molecule has 0 spiro atoms. The largest absolute Gasteiger partial charge is 0.508 e. The van der Waals surface area contributed by atoms with E-state index in [-0.39, 0.29) is 34.8 Å². The molecule has 0 heterocycles. The van der Waals surface area contributed by atoms with E-state index in [1.54, 1.807) is 12.1 Å². The molecule has 0 bridgehead atoms. The van der Waals surface area contributed by atoms with Gasteiger partial charge in [-0.25, -0.2) is 4.79 Å². The lowest BCUT2D eigenvalue weighted by molar-refractivity contribution is -0.112. The molecule has 4 heteroatoms. The number of carboxylic acids is 1. The van der Waals surface area contributed by atoms with Gasteiger partial charge in [0.05, 0.1) is 5.56 Å². The maximum absolute atomic E-state index is 11.3. The molecule has 1 aromatic carbocycles.